The van der Waals surface area contributed by atoms with Crippen LogP contribution < -0.4 is 0 Å². The lowest BCUT2D eigenvalue weighted by molar-refractivity contribution is 0.262. The molecular weight excluding hydrogens is 342 g/mol. The molecule has 0 radical (unpaired) electrons. The third-order valence-electron chi connectivity index (χ3n) is 6.24. The summed E-state index contributed by atoms with van der Waals surface area (Å²) in [4.78, 5) is 0.412. The van der Waals surface area contributed by atoms with E-state index in [0.29, 0.717) is 29.2 Å². The predicted molar refractivity (Wildman–Crippen MR) is 106 cm³/mol. The Bertz CT molecular complexity index is 934. The first kappa shape index (κ1) is 17.7. The molecule has 1 fully saturated rings. The highest BCUT2D eigenvalue weighted by Gasteiger charge is 2.39. The smallest absolute Gasteiger partial charge is 0.207 e. The Morgan fingerprint density at radius 3 is 2.50 bits per heavy atom. The highest BCUT2D eigenvalue weighted by atomic mass is 32.2. The van der Waals surface area contributed by atoms with Gasteiger partial charge in [-0.2, -0.15) is 4.31 Å². The number of hydrogen-bond donors (Lipinski definition) is 0. The van der Waals surface area contributed by atoms with Gasteiger partial charge in [-0.15, -0.1) is 0 Å². The van der Waals surface area contributed by atoms with Crippen molar-refractivity contribution < 1.29 is 8.42 Å². The summed E-state index contributed by atoms with van der Waals surface area (Å²) in [5, 5.41) is 2.04. The zero-order valence-electron chi connectivity index (χ0n) is 15.5. The van der Waals surface area contributed by atoms with E-state index in [9.17, 15) is 8.42 Å². The molecule has 1 saturated carbocycles. The number of sulfonamides is 1. The second kappa shape index (κ2) is 6.82. The van der Waals surface area contributed by atoms with Crippen LogP contribution in [0.5, 0.6) is 0 Å². The van der Waals surface area contributed by atoms with E-state index in [0.717, 1.165) is 23.6 Å². The van der Waals surface area contributed by atoms with Crippen molar-refractivity contribution in [3.63, 3.8) is 0 Å². The summed E-state index contributed by atoms with van der Waals surface area (Å²) >= 11 is 0. The summed E-state index contributed by atoms with van der Waals surface area (Å²) < 4.78 is 28.7. The first-order valence-electron chi connectivity index (χ1n) is 9.68. The summed E-state index contributed by atoms with van der Waals surface area (Å²) in [6.07, 6.45) is 7.77. The summed E-state index contributed by atoms with van der Waals surface area (Å²) in [5.41, 5.74) is 0. The maximum Gasteiger partial charge on any atom is 0.243 e. The van der Waals surface area contributed by atoms with Crippen molar-refractivity contribution in [2.45, 2.75) is 44.0 Å². The first-order valence-corrected chi connectivity index (χ1v) is 11.1. The average Bonchev–Trinajstić information content (AvgIpc) is 3.28. The molecule has 0 spiro atoms. The van der Waals surface area contributed by atoms with Crippen LogP contribution in [0.15, 0.2) is 59.5 Å². The van der Waals surface area contributed by atoms with Gasteiger partial charge in [0.05, 0.1) is 4.90 Å². The molecule has 138 valence electrons. The van der Waals surface area contributed by atoms with Gasteiger partial charge in [0.1, 0.15) is 0 Å². The maximum atomic E-state index is 13.5. The van der Waals surface area contributed by atoms with Crippen molar-refractivity contribution in [2.24, 2.45) is 17.8 Å². The summed E-state index contributed by atoms with van der Waals surface area (Å²) in [7, 11) is -3.50. The highest BCUT2D eigenvalue weighted by Crippen LogP contribution is 2.44. The van der Waals surface area contributed by atoms with Crippen molar-refractivity contribution in [3.05, 3.63) is 54.6 Å². The van der Waals surface area contributed by atoms with Crippen LogP contribution in [0.4, 0.5) is 0 Å². The Balaban J connectivity index is 1.67. The molecule has 0 heterocycles. The molecule has 2 aliphatic carbocycles. The van der Waals surface area contributed by atoms with Gasteiger partial charge < -0.3 is 0 Å². The Hall–Kier alpha value is -1.65. The zero-order chi connectivity index (χ0) is 18.3. The molecule has 4 heteroatoms. The monoisotopic (exact) mass is 369 g/mol. The average molecular weight is 370 g/mol. The molecular formula is C22H27NO2S. The van der Waals surface area contributed by atoms with Gasteiger partial charge in [-0.25, -0.2) is 8.42 Å². The maximum absolute atomic E-state index is 13.5. The second-order valence-electron chi connectivity index (χ2n) is 7.88. The molecule has 0 saturated heterocycles. The van der Waals surface area contributed by atoms with Crippen molar-refractivity contribution in [1.29, 1.82) is 0 Å². The molecule has 0 aromatic heterocycles. The Morgan fingerprint density at radius 1 is 1.08 bits per heavy atom. The van der Waals surface area contributed by atoms with Crippen LogP contribution >= 0.6 is 0 Å². The Morgan fingerprint density at radius 2 is 1.85 bits per heavy atom. The SMILES string of the molecule is CCC(C)N(CC1CC2C=CC1C2)S(=O)(=O)c1ccc2ccccc2c1. The fourth-order valence-electron chi connectivity index (χ4n) is 4.52. The van der Waals surface area contributed by atoms with Gasteiger partial charge in [-0.05, 0) is 66.8 Å². The number of fused-ring (bicyclic) bond motifs is 3. The van der Waals surface area contributed by atoms with Gasteiger partial charge in [0, 0.05) is 12.6 Å². The van der Waals surface area contributed by atoms with Crippen molar-refractivity contribution in [2.75, 3.05) is 6.54 Å². The molecule has 3 nitrogen and oxygen atoms in total. The van der Waals surface area contributed by atoms with E-state index in [1.54, 1.807) is 10.4 Å². The molecule has 2 bridgehead atoms. The Labute approximate surface area is 156 Å². The van der Waals surface area contributed by atoms with Gasteiger partial charge in [0.25, 0.3) is 0 Å². The van der Waals surface area contributed by atoms with Crippen LogP contribution in [-0.4, -0.2) is 25.3 Å². The van der Waals surface area contributed by atoms with Crippen molar-refractivity contribution >= 4 is 20.8 Å². The van der Waals surface area contributed by atoms with Crippen LogP contribution in [-0.2, 0) is 10.0 Å². The van der Waals surface area contributed by atoms with Crippen LogP contribution in [0.3, 0.4) is 0 Å². The van der Waals surface area contributed by atoms with E-state index in [-0.39, 0.29) is 6.04 Å². The lowest BCUT2D eigenvalue weighted by atomic mass is 9.93. The van der Waals surface area contributed by atoms with Gasteiger partial charge in [-0.3, -0.25) is 0 Å². The minimum atomic E-state index is -3.50. The standard InChI is InChI=1S/C22H27NO2S/c1-3-16(2)23(15-21-13-17-8-9-20(21)12-17)26(24,25)22-11-10-18-6-4-5-7-19(18)14-22/h4-11,14,16-17,20-21H,3,12-13,15H2,1-2H3. The number of hydrogen-bond acceptors (Lipinski definition) is 2. The number of benzene rings is 2. The number of rotatable bonds is 6. The normalized spacial score (nSPS) is 26.0. The summed E-state index contributed by atoms with van der Waals surface area (Å²) in [6, 6.07) is 13.4. The first-order chi connectivity index (χ1) is 12.5. The summed E-state index contributed by atoms with van der Waals surface area (Å²) in [5.74, 6) is 1.67. The van der Waals surface area contributed by atoms with Gasteiger partial charge in [0.15, 0.2) is 0 Å². The molecule has 26 heavy (non-hydrogen) atoms. The van der Waals surface area contributed by atoms with Crippen LogP contribution in [0.25, 0.3) is 10.8 Å². The molecule has 4 rings (SSSR count). The second-order valence-corrected chi connectivity index (χ2v) is 9.77. The molecule has 2 aliphatic rings. The molecule has 2 aromatic rings. The molecule has 2 aromatic carbocycles. The molecule has 0 N–H and O–H groups in total. The third kappa shape index (κ3) is 3.10. The lowest BCUT2D eigenvalue weighted by Crippen LogP contribution is -2.42. The quantitative estimate of drug-likeness (QED) is 0.683. The van der Waals surface area contributed by atoms with Crippen molar-refractivity contribution in [1.82, 2.24) is 4.31 Å². The van der Waals surface area contributed by atoms with Gasteiger partial charge in [0.2, 0.25) is 10.0 Å². The van der Waals surface area contributed by atoms with E-state index < -0.39 is 10.0 Å². The van der Waals surface area contributed by atoms with Crippen molar-refractivity contribution in [3.8, 4) is 0 Å². The molecule has 0 amide bonds. The number of allylic oxidation sites excluding steroid dienone is 2. The van der Waals surface area contributed by atoms with Crippen LogP contribution in [0.1, 0.15) is 33.1 Å². The van der Waals surface area contributed by atoms with Crippen LogP contribution in [0.2, 0.25) is 0 Å². The van der Waals surface area contributed by atoms with E-state index in [2.05, 4.69) is 19.1 Å². The zero-order valence-corrected chi connectivity index (χ0v) is 16.3. The van der Waals surface area contributed by atoms with E-state index in [4.69, 9.17) is 0 Å². The number of nitrogens with zero attached hydrogens (tertiary/aromatic N) is 1. The minimum absolute atomic E-state index is 0.00887. The largest absolute Gasteiger partial charge is 0.243 e. The highest BCUT2D eigenvalue weighted by molar-refractivity contribution is 7.89. The van der Waals surface area contributed by atoms with Gasteiger partial charge in [-0.1, -0.05) is 49.4 Å². The van der Waals surface area contributed by atoms with E-state index in [1.165, 1.54) is 6.42 Å². The Kier molecular flexibility index (Phi) is 4.66. The summed E-state index contributed by atoms with van der Waals surface area (Å²) in [6.45, 7) is 4.73. The third-order valence-corrected chi connectivity index (χ3v) is 8.22. The van der Waals surface area contributed by atoms with E-state index in [1.807, 2.05) is 43.3 Å². The fourth-order valence-corrected chi connectivity index (χ4v) is 6.31. The topological polar surface area (TPSA) is 37.4 Å². The predicted octanol–water partition coefficient (Wildman–Crippen LogP) is 4.84. The lowest BCUT2D eigenvalue weighted by Gasteiger charge is -2.32. The van der Waals surface area contributed by atoms with Gasteiger partial charge >= 0.3 is 0 Å². The minimum Gasteiger partial charge on any atom is -0.207 e. The fraction of sp³-hybridized carbons (Fsp3) is 0.455. The molecule has 4 unspecified atom stereocenters. The molecule has 0 aliphatic heterocycles. The van der Waals surface area contributed by atoms with E-state index >= 15 is 0 Å². The van der Waals surface area contributed by atoms with Crippen LogP contribution in [0, 0.1) is 17.8 Å². The molecule has 4 atom stereocenters.